The molecular formula is C25H25Cl2N3OS. The molecule has 0 bridgehead atoms. The van der Waals surface area contributed by atoms with Gasteiger partial charge in [0.15, 0.2) is 0 Å². The maximum absolute atomic E-state index is 12.7. The first-order chi connectivity index (χ1) is 15.4. The summed E-state index contributed by atoms with van der Waals surface area (Å²) >= 11 is 13.9. The number of carbonyl (C=O) groups is 1. The van der Waals surface area contributed by atoms with Gasteiger partial charge in [-0.25, -0.2) is 0 Å². The highest BCUT2D eigenvalue weighted by atomic mass is 35.5. The largest absolute Gasteiger partial charge is 0.310 e. The van der Waals surface area contributed by atoms with Crippen LogP contribution in [0.15, 0.2) is 88.6 Å². The zero-order valence-corrected chi connectivity index (χ0v) is 20.3. The Morgan fingerprint density at radius 2 is 1.62 bits per heavy atom. The van der Waals surface area contributed by atoms with Crippen LogP contribution in [-0.2, 0) is 17.9 Å². The summed E-state index contributed by atoms with van der Waals surface area (Å²) in [6.45, 7) is 5.31. The number of aromatic nitrogens is 1. The molecule has 0 spiro atoms. The Balaban J connectivity index is 1.88. The molecule has 0 unspecified atom stereocenters. The molecule has 0 aliphatic carbocycles. The number of benzene rings is 2. The van der Waals surface area contributed by atoms with Gasteiger partial charge in [-0.15, -0.1) is 0 Å². The Hall–Kier alpha value is -2.31. The first kappa shape index (κ1) is 24.3. The third-order valence-corrected chi connectivity index (χ3v) is 6.22. The van der Waals surface area contributed by atoms with E-state index in [9.17, 15) is 4.79 Å². The van der Waals surface area contributed by atoms with Crippen molar-refractivity contribution in [2.45, 2.75) is 31.8 Å². The van der Waals surface area contributed by atoms with Crippen molar-refractivity contribution in [3.63, 3.8) is 0 Å². The number of pyridine rings is 1. The maximum Gasteiger partial charge on any atom is 0.223 e. The summed E-state index contributed by atoms with van der Waals surface area (Å²) in [5.41, 5.74) is 3.11. The summed E-state index contributed by atoms with van der Waals surface area (Å²) in [7, 11) is 0. The number of nitrogens with zero attached hydrogens (tertiary/aromatic N) is 2. The molecule has 0 aliphatic rings. The fourth-order valence-electron chi connectivity index (χ4n) is 3.22. The quantitative estimate of drug-likeness (QED) is 0.349. The Labute approximate surface area is 203 Å². The monoisotopic (exact) mass is 485 g/mol. The van der Waals surface area contributed by atoms with Crippen LogP contribution in [-0.4, -0.2) is 22.3 Å². The third kappa shape index (κ3) is 7.38. The van der Waals surface area contributed by atoms with E-state index < -0.39 is 0 Å². The Kier molecular flexibility index (Phi) is 9.18. The highest BCUT2D eigenvalue weighted by molar-refractivity contribution is 8.03. The lowest BCUT2D eigenvalue weighted by Gasteiger charge is -2.27. The lowest BCUT2D eigenvalue weighted by Crippen LogP contribution is -2.33. The van der Waals surface area contributed by atoms with Gasteiger partial charge in [-0.1, -0.05) is 65.3 Å². The molecule has 0 radical (unpaired) electrons. The Bertz CT molecular complexity index is 1050. The minimum absolute atomic E-state index is 0.0151. The fourth-order valence-corrected chi connectivity index (χ4v) is 4.90. The molecule has 3 aromatic rings. The van der Waals surface area contributed by atoms with E-state index in [0.717, 1.165) is 26.6 Å². The van der Waals surface area contributed by atoms with E-state index >= 15 is 0 Å². The van der Waals surface area contributed by atoms with Crippen LogP contribution < -0.4 is 5.32 Å². The van der Waals surface area contributed by atoms with Crippen LogP contribution in [0, 0.1) is 0 Å². The van der Waals surface area contributed by atoms with E-state index in [4.69, 9.17) is 23.2 Å². The number of amides is 1. The van der Waals surface area contributed by atoms with Crippen molar-refractivity contribution in [2.75, 3.05) is 6.54 Å². The van der Waals surface area contributed by atoms with Crippen molar-refractivity contribution in [1.29, 1.82) is 0 Å². The second-order valence-electron chi connectivity index (χ2n) is 7.26. The van der Waals surface area contributed by atoms with Gasteiger partial charge in [0, 0.05) is 57.9 Å². The van der Waals surface area contributed by atoms with E-state index in [1.54, 1.807) is 37.1 Å². The number of hydrogen-bond acceptors (Lipinski definition) is 4. The molecule has 3 rings (SSSR count). The van der Waals surface area contributed by atoms with Gasteiger partial charge in [0.25, 0.3) is 0 Å². The molecule has 4 nitrogen and oxygen atoms in total. The number of thioether (sulfide) groups is 1. The van der Waals surface area contributed by atoms with Crippen LogP contribution in [0.3, 0.4) is 0 Å². The standard InChI is InChI=1S/C25H25Cl2N3OS/c1-18(32-24-13-22(26)12-23(27)14-24)25(16-29-15-20-8-10-28-11-9-20)30(19(2)31)17-21-6-4-3-5-7-21/h3-14,29H,15-17H2,1-2H3/b25-18+. The predicted molar refractivity (Wildman–Crippen MR) is 134 cm³/mol. The SMILES string of the molecule is CC(=O)N(Cc1ccccc1)/C(CNCc1ccncc1)=C(\C)Sc1cc(Cl)cc(Cl)c1. The molecule has 0 aliphatic heterocycles. The highest BCUT2D eigenvalue weighted by Crippen LogP contribution is 2.34. The highest BCUT2D eigenvalue weighted by Gasteiger charge is 2.18. The molecule has 1 heterocycles. The Morgan fingerprint density at radius 1 is 0.969 bits per heavy atom. The molecule has 1 aromatic heterocycles. The van der Waals surface area contributed by atoms with Crippen LogP contribution in [0.1, 0.15) is 25.0 Å². The van der Waals surface area contributed by atoms with Crippen LogP contribution in [0.2, 0.25) is 10.0 Å². The molecular weight excluding hydrogens is 461 g/mol. The molecule has 0 fully saturated rings. The molecule has 0 saturated heterocycles. The molecule has 1 amide bonds. The number of allylic oxidation sites excluding steroid dienone is 1. The molecule has 0 atom stereocenters. The number of halogens is 2. The van der Waals surface area contributed by atoms with Gasteiger partial charge < -0.3 is 10.2 Å². The van der Waals surface area contributed by atoms with Crippen molar-refractivity contribution in [2.24, 2.45) is 0 Å². The molecule has 166 valence electrons. The van der Waals surface area contributed by atoms with E-state index in [0.29, 0.717) is 29.7 Å². The number of rotatable bonds is 9. The average molecular weight is 486 g/mol. The van der Waals surface area contributed by atoms with Gasteiger partial charge in [0.2, 0.25) is 5.91 Å². The van der Waals surface area contributed by atoms with E-state index in [1.807, 2.05) is 66.4 Å². The lowest BCUT2D eigenvalue weighted by molar-refractivity contribution is -0.127. The minimum Gasteiger partial charge on any atom is -0.310 e. The van der Waals surface area contributed by atoms with Gasteiger partial charge in [-0.2, -0.15) is 0 Å². The van der Waals surface area contributed by atoms with Gasteiger partial charge >= 0.3 is 0 Å². The van der Waals surface area contributed by atoms with Crippen LogP contribution >= 0.6 is 35.0 Å². The zero-order valence-electron chi connectivity index (χ0n) is 18.0. The van der Waals surface area contributed by atoms with Crippen molar-refractivity contribution in [3.8, 4) is 0 Å². The summed E-state index contributed by atoms with van der Waals surface area (Å²) in [5.74, 6) is -0.0151. The van der Waals surface area contributed by atoms with E-state index in [2.05, 4.69) is 10.3 Å². The zero-order chi connectivity index (χ0) is 22.9. The maximum atomic E-state index is 12.7. The molecule has 1 N–H and O–H groups in total. The number of carbonyl (C=O) groups excluding carboxylic acids is 1. The summed E-state index contributed by atoms with van der Waals surface area (Å²) in [5, 5.41) is 4.63. The first-order valence-corrected chi connectivity index (χ1v) is 11.7. The summed E-state index contributed by atoms with van der Waals surface area (Å²) in [6.07, 6.45) is 3.55. The first-order valence-electron chi connectivity index (χ1n) is 10.2. The second-order valence-corrected chi connectivity index (χ2v) is 9.42. The topological polar surface area (TPSA) is 45.2 Å². The van der Waals surface area contributed by atoms with Crippen LogP contribution in [0.25, 0.3) is 0 Å². The van der Waals surface area contributed by atoms with E-state index in [-0.39, 0.29) is 5.91 Å². The van der Waals surface area contributed by atoms with Crippen LogP contribution in [0.4, 0.5) is 0 Å². The fraction of sp³-hybridized carbons (Fsp3) is 0.200. The molecule has 32 heavy (non-hydrogen) atoms. The van der Waals surface area contributed by atoms with Gasteiger partial charge in [0.1, 0.15) is 0 Å². The van der Waals surface area contributed by atoms with Crippen molar-refractivity contribution in [1.82, 2.24) is 15.2 Å². The third-order valence-electron chi connectivity index (χ3n) is 4.77. The van der Waals surface area contributed by atoms with Gasteiger partial charge in [-0.3, -0.25) is 9.78 Å². The van der Waals surface area contributed by atoms with Crippen molar-refractivity contribution >= 4 is 40.9 Å². The summed E-state index contributed by atoms with van der Waals surface area (Å²) < 4.78 is 0. The number of nitrogens with one attached hydrogen (secondary N) is 1. The molecule has 7 heteroatoms. The van der Waals surface area contributed by atoms with E-state index in [1.165, 1.54) is 0 Å². The number of hydrogen-bond donors (Lipinski definition) is 1. The van der Waals surface area contributed by atoms with Gasteiger partial charge in [0.05, 0.1) is 6.54 Å². The van der Waals surface area contributed by atoms with Crippen molar-refractivity contribution < 1.29 is 4.79 Å². The average Bonchev–Trinajstić information content (AvgIpc) is 2.76. The smallest absolute Gasteiger partial charge is 0.223 e. The second kappa shape index (κ2) is 12.1. The molecule has 2 aromatic carbocycles. The van der Waals surface area contributed by atoms with Gasteiger partial charge in [-0.05, 0) is 48.4 Å². The van der Waals surface area contributed by atoms with Crippen molar-refractivity contribution in [3.05, 3.63) is 105 Å². The van der Waals surface area contributed by atoms with Crippen LogP contribution in [0.5, 0.6) is 0 Å². The predicted octanol–water partition coefficient (Wildman–Crippen LogP) is 6.55. The summed E-state index contributed by atoms with van der Waals surface area (Å²) in [4.78, 5) is 20.5. The summed E-state index contributed by atoms with van der Waals surface area (Å²) in [6, 6.07) is 19.4. The minimum atomic E-state index is -0.0151. The normalized spacial score (nSPS) is 11.8. The Morgan fingerprint density at radius 3 is 2.25 bits per heavy atom. The molecule has 0 saturated carbocycles. The lowest BCUT2D eigenvalue weighted by atomic mass is 10.2.